The SMILES string of the molecule is CCN(CC)CCN1CCCC(CCl)C1. The molecule has 1 rings (SSSR count). The van der Waals surface area contributed by atoms with Crippen molar-refractivity contribution in [3.63, 3.8) is 0 Å². The zero-order valence-electron chi connectivity index (χ0n) is 10.2. The molecule has 0 bridgehead atoms. The van der Waals surface area contributed by atoms with E-state index in [1.165, 1.54) is 52.1 Å². The summed E-state index contributed by atoms with van der Waals surface area (Å²) in [7, 11) is 0. The summed E-state index contributed by atoms with van der Waals surface area (Å²) in [4.78, 5) is 5.07. The Morgan fingerprint density at radius 2 is 2.07 bits per heavy atom. The van der Waals surface area contributed by atoms with Crippen molar-refractivity contribution in [2.75, 3.05) is 45.1 Å². The highest BCUT2D eigenvalue weighted by Crippen LogP contribution is 2.17. The molecule has 1 aliphatic heterocycles. The van der Waals surface area contributed by atoms with Gasteiger partial charge in [0.05, 0.1) is 0 Å². The fourth-order valence-corrected chi connectivity index (χ4v) is 2.55. The van der Waals surface area contributed by atoms with Gasteiger partial charge in [0.25, 0.3) is 0 Å². The fourth-order valence-electron chi connectivity index (χ4n) is 2.30. The van der Waals surface area contributed by atoms with Crippen molar-refractivity contribution < 1.29 is 0 Å². The summed E-state index contributed by atoms with van der Waals surface area (Å²) in [5.41, 5.74) is 0. The van der Waals surface area contributed by atoms with E-state index in [9.17, 15) is 0 Å². The highest BCUT2D eigenvalue weighted by Gasteiger charge is 2.18. The summed E-state index contributed by atoms with van der Waals surface area (Å²) in [5, 5.41) is 0. The zero-order chi connectivity index (χ0) is 11.1. The molecule has 1 unspecified atom stereocenters. The largest absolute Gasteiger partial charge is 0.303 e. The molecule has 1 aliphatic rings. The Morgan fingerprint density at radius 3 is 2.67 bits per heavy atom. The lowest BCUT2D eigenvalue weighted by molar-refractivity contribution is 0.159. The van der Waals surface area contributed by atoms with Crippen LogP contribution in [0.5, 0.6) is 0 Å². The first-order chi connectivity index (χ1) is 7.30. The average Bonchev–Trinajstić information content (AvgIpc) is 2.31. The third-order valence-corrected chi connectivity index (χ3v) is 3.88. The Bertz CT molecular complexity index is 160. The van der Waals surface area contributed by atoms with Crippen LogP contribution < -0.4 is 0 Å². The Hall–Kier alpha value is 0.210. The molecular weight excluding hydrogens is 208 g/mol. The van der Waals surface area contributed by atoms with E-state index in [0.717, 1.165) is 11.8 Å². The molecule has 1 atom stereocenters. The summed E-state index contributed by atoms with van der Waals surface area (Å²) in [6.07, 6.45) is 2.65. The van der Waals surface area contributed by atoms with Crippen molar-refractivity contribution in [2.45, 2.75) is 26.7 Å². The second kappa shape index (κ2) is 7.48. The van der Waals surface area contributed by atoms with E-state index < -0.39 is 0 Å². The van der Waals surface area contributed by atoms with Crippen LogP contribution in [0.15, 0.2) is 0 Å². The molecule has 90 valence electrons. The first-order valence-corrected chi connectivity index (χ1v) is 6.84. The topological polar surface area (TPSA) is 6.48 Å². The molecule has 1 saturated heterocycles. The van der Waals surface area contributed by atoms with E-state index >= 15 is 0 Å². The Balaban J connectivity index is 2.20. The van der Waals surface area contributed by atoms with Crippen LogP contribution in [0, 0.1) is 5.92 Å². The number of hydrogen-bond donors (Lipinski definition) is 0. The van der Waals surface area contributed by atoms with Gasteiger partial charge in [0.15, 0.2) is 0 Å². The van der Waals surface area contributed by atoms with Gasteiger partial charge < -0.3 is 9.80 Å². The minimum absolute atomic E-state index is 0.733. The summed E-state index contributed by atoms with van der Waals surface area (Å²) < 4.78 is 0. The van der Waals surface area contributed by atoms with Crippen LogP contribution in [0.4, 0.5) is 0 Å². The van der Waals surface area contributed by atoms with Crippen LogP contribution in [-0.2, 0) is 0 Å². The number of nitrogens with zero attached hydrogens (tertiary/aromatic N) is 2. The van der Waals surface area contributed by atoms with Crippen molar-refractivity contribution in [1.82, 2.24) is 9.80 Å². The van der Waals surface area contributed by atoms with Gasteiger partial charge in [-0.1, -0.05) is 13.8 Å². The van der Waals surface area contributed by atoms with E-state index in [4.69, 9.17) is 11.6 Å². The van der Waals surface area contributed by atoms with Crippen molar-refractivity contribution in [3.05, 3.63) is 0 Å². The normalized spacial score (nSPS) is 23.6. The average molecular weight is 233 g/mol. The summed E-state index contributed by atoms with van der Waals surface area (Å²) in [6, 6.07) is 0. The molecule has 0 aromatic rings. The number of alkyl halides is 1. The van der Waals surface area contributed by atoms with Crippen LogP contribution in [0.25, 0.3) is 0 Å². The third-order valence-electron chi connectivity index (χ3n) is 3.45. The Kier molecular flexibility index (Phi) is 6.62. The quantitative estimate of drug-likeness (QED) is 0.649. The second-order valence-corrected chi connectivity index (χ2v) is 4.80. The number of likely N-dealkylation sites (N-methyl/N-ethyl adjacent to an activating group) is 1. The Morgan fingerprint density at radius 1 is 1.33 bits per heavy atom. The zero-order valence-corrected chi connectivity index (χ0v) is 11.0. The maximum Gasteiger partial charge on any atom is 0.0263 e. The highest BCUT2D eigenvalue weighted by molar-refractivity contribution is 6.18. The van der Waals surface area contributed by atoms with Crippen molar-refractivity contribution >= 4 is 11.6 Å². The first kappa shape index (κ1) is 13.3. The molecule has 1 heterocycles. The summed E-state index contributed by atoms with van der Waals surface area (Å²) in [6.45, 7) is 11.7. The maximum atomic E-state index is 5.93. The van der Waals surface area contributed by atoms with Crippen LogP contribution in [0.2, 0.25) is 0 Å². The van der Waals surface area contributed by atoms with Gasteiger partial charge in [-0.2, -0.15) is 0 Å². The molecular formula is C12H25ClN2. The smallest absolute Gasteiger partial charge is 0.0263 e. The molecule has 0 amide bonds. The number of halogens is 1. The second-order valence-electron chi connectivity index (χ2n) is 4.49. The van der Waals surface area contributed by atoms with Crippen LogP contribution in [-0.4, -0.2) is 54.9 Å². The van der Waals surface area contributed by atoms with Crippen molar-refractivity contribution in [1.29, 1.82) is 0 Å². The molecule has 15 heavy (non-hydrogen) atoms. The lowest BCUT2D eigenvalue weighted by Crippen LogP contribution is -2.41. The molecule has 1 fully saturated rings. The number of hydrogen-bond acceptors (Lipinski definition) is 2. The van der Waals surface area contributed by atoms with Gasteiger partial charge >= 0.3 is 0 Å². The molecule has 3 heteroatoms. The van der Waals surface area contributed by atoms with Gasteiger partial charge in [-0.25, -0.2) is 0 Å². The Labute approximate surface area is 99.6 Å². The fraction of sp³-hybridized carbons (Fsp3) is 1.00. The van der Waals surface area contributed by atoms with E-state index in [1.54, 1.807) is 0 Å². The number of likely N-dealkylation sites (tertiary alicyclic amines) is 1. The summed E-state index contributed by atoms with van der Waals surface area (Å²) in [5.74, 6) is 1.57. The van der Waals surface area contributed by atoms with Gasteiger partial charge in [0.2, 0.25) is 0 Å². The minimum Gasteiger partial charge on any atom is -0.303 e. The van der Waals surface area contributed by atoms with Gasteiger partial charge in [-0.3, -0.25) is 0 Å². The molecule has 0 aromatic carbocycles. The van der Waals surface area contributed by atoms with E-state index in [-0.39, 0.29) is 0 Å². The van der Waals surface area contributed by atoms with Gasteiger partial charge in [-0.15, -0.1) is 11.6 Å². The van der Waals surface area contributed by atoms with Crippen molar-refractivity contribution in [3.8, 4) is 0 Å². The molecule has 0 spiro atoms. The lowest BCUT2D eigenvalue weighted by atomic mass is 10.0. The highest BCUT2D eigenvalue weighted by atomic mass is 35.5. The lowest BCUT2D eigenvalue weighted by Gasteiger charge is -2.33. The van der Waals surface area contributed by atoms with E-state index in [1.807, 2.05) is 0 Å². The van der Waals surface area contributed by atoms with E-state index in [2.05, 4.69) is 23.6 Å². The number of piperidine rings is 1. The van der Waals surface area contributed by atoms with Crippen LogP contribution in [0.3, 0.4) is 0 Å². The monoisotopic (exact) mass is 232 g/mol. The molecule has 0 N–H and O–H groups in total. The molecule has 2 nitrogen and oxygen atoms in total. The molecule has 0 saturated carbocycles. The van der Waals surface area contributed by atoms with Gasteiger partial charge in [0, 0.05) is 25.5 Å². The molecule has 0 aliphatic carbocycles. The number of rotatable bonds is 6. The summed E-state index contributed by atoms with van der Waals surface area (Å²) >= 11 is 5.93. The van der Waals surface area contributed by atoms with Gasteiger partial charge in [-0.05, 0) is 38.4 Å². The standard InChI is InChI=1S/C12H25ClN2/c1-3-14(4-2)8-9-15-7-5-6-12(10-13)11-15/h12H,3-11H2,1-2H3. The third kappa shape index (κ3) is 4.71. The maximum absolute atomic E-state index is 5.93. The first-order valence-electron chi connectivity index (χ1n) is 6.30. The predicted molar refractivity (Wildman–Crippen MR) is 67.7 cm³/mol. The van der Waals surface area contributed by atoms with E-state index in [0.29, 0.717) is 0 Å². The van der Waals surface area contributed by atoms with Crippen LogP contribution >= 0.6 is 11.6 Å². The van der Waals surface area contributed by atoms with Crippen LogP contribution in [0.1, 0.15) is 26.7 Å². The molecule has 0 radical (unpaired) electrons. The predicted octanol–water partition coefficient (Wildman–Crippen LogP) is 2.28. The molecule has 0 aromatic heterocycles. The van der Waals surface area contributed by atoms with Crippen molar-refractivity contribution in [2.24, 2.45) is 5.92 Å². The minimum atomic E-state index is 0.733. The van der Waals surface area contributed by atoms with Gasteiger partial charge in [0.1, 0.15) is 0 Å².